The van der Waals surface area contributed by atoms with Gasteiger partial charge in [-0.15, -0.1) is 11.3 Å². The van der Waals surface area contributed by atoms with Crippen LogP contribution < -0.4 is 10.6 Å². The Morgan fingerprint density at radius 2 is 2.05 bits per heavy atom. The lowest BCUT2D eigenvalue weighted by Gasteiger charge is -2.10. The first-order chi connectivity index (χ1) is 9.85. The van der Waals surface area contributed by atoms with Crippen molar-refractivity contribution in [2.75, 3.05) is 23.7 Å². The van der Waals surface area contributed by atoms with Crippen LogP contribution in [0.2, 0.25) is 0 Å². The molecule has 2 heterocycles. The Labute approximate surface area is 123 Å². The molecule has 1 fully saturated rings. The van der Waals surface area contributed by atoms with Crippen LogP contribution in [0.3, 0.4) is 0 Å². The number of nitrogens with one attached hydrogen (secondary N) is 2. The van der Waals surface area contributed by atoms with E-state index < -0.39 is 0 Å². The van der Waals surface area contributed by atoms with Crippen LogP contribution in [-0.2, 0) is 6.42 Å². The number of hydrogen-bond acceptors (Lipinski definition) is 5. The molecule has 3 rings (SSSR count). The number of hydrogen-bond donors (Lipinski definition) is 2. The van der Waals surface area contributed by atoms with E-state index in [0.717, 1.165) is 37.0 Å². The SMILES string of the molecule is CCNc1cc(NCCc2cccs2)nc(C2CC2)n1. The standard InChI is InChI=1S/C15H20N4S/c1-2-16-13-10-14(19-15(18-13)11-5-6-11)17-8-7-12-4-3-9-20-12/h3-4,9-11H,2,5-8H2,1H3,(H2,16,17,18,19). The third-order valence-corrected chi connectivity index (χ3v) is 4.24. The van der Waals surface area contributed by atoms with Gasteiger partial charge < -0.3 is 10.6 Å². The quantitative estimate of drug-likeness (QED) is 0.818. The zero-order valence-corrected chi connectivity index (χ0v) is 12.5. The second kappa shape index (κ2) is 6.22. The molecule has 0 aromatic carbocycles. The van der Waals surface area contributed by atoms with E-state index in [4.69, 9.17) is 0 Å². The fraction of sp³-hybridized carbons (Fsp3) is 0.467. The zero-order chi connectivity index (χ0) is 13.8. The lowest BCUT2D eigenvalue weighted by atomic mass is 10.3. The highest BCUT2D eigenvalue weighted by Gasteiger charge is 2.27. The molecule has 0 amide bonds. The number of anilines is 2. The van der Waals surface area contributed by atoms with Crippen molar-refractivity contribution < 1.29 is 0 Å². The van der Waals surface area contributed by atoms with Gasteiger partial charge >= 0.3 is 0 Å². The Hall–Kier alpha value is -1.62. The van der Waals surface area contributed by atoms with Crippen LogP contribution in [0.25, 0.3) is 0 Å². The van der Waals surface area contributed by atoms with Gasteiger partial charge in [-0.2, -0.15) is 0 Å². The smallest absolute Gasteiger partial charge is 0.136 e. The Bertz CT molecular complexity index is 549. The fourth-order valence-electron chi connectivity index (χ4n) is 2.12. The first-order valence-corrected chi connectivity index (χ1v) is 8.12. The van der Waals surface area contributed by atoms with Gasteiger partial charge in [0.2, 0.25) is 0 Å². The summed E-state index contributed by atoms with van der Waals surface area (Å²) in [5, 5.41) is 8.83. The van der Waals surface area contributed by atoms with E-state index in [1.807, 2.05) is 6.07 Å². The molecular weight excluding hydrogens is 268 g/mol. The first-order valence-electron chi connectivity index (χ1n) is 7.24. The fourth-order valence-corrected chi connectivity index (χ4v) is 2.83. The summed E-state index contributed by atoms with van der Waals surface area (Å²) in [6.07, 6.45) is 3.49. The molecule has 0 radical (unpaired) electrons. The largest absolute Gasteiger partial charge is 0.370 e. The molecule has 0 atom stereocenters. The summed E-state index contributed by atoms with van der Waals surface area (Å²) in [4.78, 5) is 10.6. The third-order valence-electron chi connectivity index (χ3n) is 3.30. The molecule has 2 aromatic rings. The minimum atomic E-state index is 0.575. The van der Waals surface area contributed by atoms with Gasteiger partial charge in [-0.25, -0.2) is 9.97 Å². The molecular formula is C15H20N4S. The summed E-state index contributed by atoms with van der Waals surface area (Å²) in [5.41, 5.74) is 0. The van der Waals surface area contributed by atoms with Gasteiger partial charge in [0.1, 0.15) is 17.5 Å². The molecule has 4 nitrogen and oxygen atoms in total. The minimum absolute atomic E-state index is 0.575. The number of thiophene rings is 1. The van der Waals surface area contributed by atoms with Crippen LogP contribution in [0.15, 0.2) is 23.6 Å². The van der Waals surface area contributed by atoms with Gasteiger partial charge in [0.05, 0.1) is 0 Å². The average Bonchev–Trinajstić information content (AvgIpc) is 3.17. The van der Waals surface area contributed by atoms with Crippen molar-refractivity contribution in [2.24, 2.45) is 0 Å². The first kappa shape index (κ1) is 13.4. The van der Waals surface area contributed by atoms with Crippen molar-refractivity contribution in [2.45, 2.75) is 32.1 Å². The van der Waals surface area contributed by atoms with E-state index >= 15 is 0 Å². The van der Waals surface area contributed by atoms with Crippen molar-refractivity contribution >= 4 is 23.0 Å². The van der Waals surface area contributed by atoms with Crippen molar-refractivity contribution in [3.05, 3.63) is 34.3 Å². The van der Waals surface area contributed by atoms with Crippen LogP contribution in [0.1, 0.15) is 36.4 Å². The zero-order valence-electron chi connectivity index (χ0n) is 11.7. The predicted octanol–water partition coefficient (Wildman–Crippen LogP) is 3.50. The lowest BCUT2D eigenvalue weighted by molar-refractivity contribution is 0.914. The Kier molecular flexibility index (Phi) is 4.16. The van der Waals surface area contributed by atoms with Gasteiger partial charge in [-0.3, -0.25) is 0 Å². The van der Waals surface area contributed by atoms with Crippen molar-refractivity contribution in [3.8, 4) is 0 Å². The van der Waals surface area contributed by atoms with Gasteiger partial charge in [0.25, 0.3) is 0 Å². The molecule has 1 saturated carbocycles. The van der Waals surface area contributed by atoms with Crippen LogP contribution in [0, 0.1) is 0 Å². The summed E-state index contributed by atoms with van der Waals surface area (Å²) < 4.78 is 0. The predicted molar refractivity (Wildman–Crippen MR) is 84.7 cm³/mol. The Balaban J connectivity index is 1.64. The Morgan fingerprint density at radius 3 is 2.70 bits per heavy atom. The molecule has 0 unspecified atom stereocenters. The normalized spacial score (nSPS) is 14.2. The van der Waals surface area contributed by atoms with Gasteiger partial charge in [0, 0.05) is 30.0 Å². The van der Waals surface area contributed by atoms with Crippen molar-refractivity contribution in [1.82, 2.24) is 9.97 Å². The molecule has 106 valence electrons. The molecule has 0 saturated heterocycles. The average molecular weight is 288 g/mol. The molecule has 2 N–H and O–H groups in total. The molecule has 1 aliphatic rings. The van der Waals surface area contributed by atoms with Gasteiger partial charge in [0.15, 0.2) is 0 Å². The second-order valence-electron chi connectivity index (χ2n) is 5.06. The number of aromatic nitrogens is 2. The molecule has 5 heteroatoms. The van der Waals surface area contributed by atoms with Crippen LogP contribution in [0.4, 0.5) is 11.6 Å². The molecule has 0 bridgehead atoms. The molecule has 1 aliphatic carbocycles. The number of nitrogens with zero attached hydrogens (tertiary/aromatic N) is 2. The van der Waals surface area contributed by atoms with E-state index in [-0.39, 0.29) is 0 Å². The summed E-state index contributed by atoms with van der Waals surface area (Å²) in [6.45, 7) is 3.88. The van der Waals surface area contributed by atoms with Crippen LogP contribution in [0.5, 0.6) is 0 Å². The van der Waals surface area contributed by atoms with E-state index in [1.54, 1.807) is 11.3 Å². The maximum atomic E-state index is 4.64. The van der Waals surface area contributed by atoms with Gasteiger partial charge in [-0.1, -0.05) is 6.07 Å². The van der Waals surface area contributed by atoms with Crippen molar-refractivity contribution in [1.29, 1.82) is 0 Å². The summed E-state index contributed by atoms with van der Waals surface area (Å²) >= 11 is 1.80. The van der Waals surface area contributed by atoms with Gasteiger partial charge in [-0.05, 0) is 37.6 Å². The molecule has 20 heavy (non-hydrogen) atoms. The second-order valence-corrected chi connectivity index (χ2v) is 6.09. The number of rotatable bonds is 7. The highest BCUT2D eigenvalue weighted by Crippen LogP contribution is 2.38. The van der Waals surface area contributed by atoms with E-state index in [2.05, 4.69) is 45.0 Å². The van der Waals surface area contributed by atoms with E-state index in [0.29, 0.717) is 5.92 Å². The summed E-state index contributed by atoms with van der Waals surface area (Å²) in [7, 11) is 0. The topological polar surface area (TPSA) is 49.8 Å². The van der Waals surface area contributed by atoms with Crippen LogP contribution in [-0.4, -0.2) is 23.1 Å². The molecule has 0 spiro atoms. The Morgan fingerprint density at radius 1 is 1.25 bits per heavy atom. The lowest BCUT2D eigenvalue weighted by Crippen LogP contribution is -2.09. The summed E-state index contributed by atoms with van der Waals surface area (Å²) in [5.74, 6) is 3.44. The summed E-state index contributed by atoms with van der Waals surface area (Å²) in [6, 6.07) is 6.27. The van der Waals surface area contributed by atoms with E-state index in [1.165, 1.54) is 17.7 Å². The van der Waals surface area contributed by atoms with Crippen molar-refractivity contribution in [3.63, 3.8) is 0 Å². The molecule has 0 aliphatic heterocycles. The highest BCUT2D eigenvalue weighted by molar-refractivity contribution is 7.09. The highest BCUT2D eigenvalue weighted by atomic mass is 32.1. The minimum Gasteiger partial charge on any atom is -0.370 e. The maximum Gasteiger partial charge on any atom is 0.136 e. The van der Waals surface area contributed by atoms with E-state index in [9.17, 15) is 0 Å². The van der Waals surface area contributed by atoms with Crippen LogP contribution >= 0.6 is 11.3 Å². The molecule has 2 aromatic heterocycles. The maximum absolute atomic E-state index is 4.64. The monoisotopic (exact) mass is 288 g/mol. The third kappa shape index (κ3) is 3.48.